The molecule has 122 valence electrons. The van der Waals surface area contributed by atoms with Crippen molar-refractivity contribution in [1.82, 2.24) is 10.6 Å². The van der Waals surface area contributed by atoms with Crippen LogP contribution in [0.3, 0.4) is 0 Å². The summed E-state index contributed by atoms with van der Waals surface area (Å²) in [7, 11) is 0. The van der Waals surface area contributed by atoms with Crippen molar-refractivity contribution in [2.24, 2.45) is 5.92 Å². The van der Waals surface area contributed by atoms with Crippen LogP contribution in [0.4, 0.5) is 4.79 Å². The predicted octanol–water partition coefficient (Wildman–Crippen LogP) is 2.89. The first kappa shape index (κ1) is 18.0. The van der Waals surface area contributed by atoms with Gasteiger partial charge in [-0.05, 0) is 37.8 Å². The normalized spacial score (nSPS) is 11.9. The first-order chi connectivity index (χ1) is 10.4. The molecule has 5 heteroatoms. The van der Waals surface area contributed by atoms with Crippen LogP contribution < -0.4 is 10.6 Å². The number of aryl methyl sites for hydroxylation is 1. The summed E-state index contributed by atoms with van der Waals surface area (Å²) in [6, 6.07) is 7.28. The van der Waals surface area contributed by atoms with Crippen molar-refractivity contribution in [2.45, 2.75) is 40.2 Å². The highest BCUT2D eigenvalue weighted by Crippen LogP contribution is 2.08. The van der Waals surface area contributed by atoms with E-state index in [1.165, 1.54) is 0 Å². The van der Waals surface area contributed by atoms with Gasteiger partial charge in [-0.3, -0.25) is 4.79 Å². The zero-order chi connectivity index (χ0) is 16.5. The van der Waals surface area contributed by atoms with Gasteiger partial charge in [0.25, 0.3) is 5.91 Å². The van der Waals surface area contributed by atoms with Crippen molar-refractivity contribution in [3.63, 3.8) is 0 Å². The number of alkyl carbamates (subject to hydrolysis) is 1. The Kier molecular flexibility index (Phi) is 7.43. The summed E-state index contributed by atoms with van der Waals surface area (Å²) in [4.78, 5) is 23.8. The lowest BCUT2D eigenvalue weighted by Crippen LogP contribution is -2.44. The summed E-state index contributed by atoms with van der Waals surface area (Å²) >= 11 is 0. The van der Waals surface area contributed by atoms with Gasteiger partial charge in [-0.2, -0.15) is 0 Å². The molecular weight excluding hydrogens is 280 g/mol. The van der Waals surface area contributed by atoms with Crippen LogP contribution in [0.25, 0.3) is 0 Å². The minimum absolute atomic E-state index is 0.127. The number of ether oxygens (including phenoxy) is 1. The fourth-order valence-corrected chi connectivity index (χ4v) is 2.24. The molecular formula is C17H26N2O3. The maximum absolute atomic E-state index is 12.2. The molecule has 0 aliphatic carbocycles. The van der Waals surface area contributed by atoms with Crippen LogP contribution in [0.15, 0.2) is 24.3 Å². The van der Waals surface area contributed by atoms with Gasteiger partial charge >= 0.3 is 6.09 Å². The van der Waals surface area contributed by atoms with Gasteiger partial charge in [0.05, 0.1) is 6.61 Å². The molecule has 2 amide bonds. The van der Waals surface area contributed by atoms with Crippen LogP contribution in [-0.4, -0.2) is 31.2 Å². The van der Waals surface area contributed by atoms with Gasteiger partial charge in [0.1, 0.15) is 0 Å². The Balaban J connectivity index is 2.60. The Morgan fingerprint density at radius 2 is 1.91 bits per heavy atom. The highest BCUT2D eigenvalue weighted by molar-refractivity contribution is 5.95. The van der Waals surface area contributed by atoms with Crippen molar-refractivity contribution < 1.29 is 14.3 Å². The van der Waals surface area contributed by atoms with E-state index in [9.17, 15) is 9.59 Å². The van der Waals surface area contributed by atoms with Crippen LogP contribution in [-0.2, 0) is 4.74 Å². The lowest BCUT2D eigenvalue weighted by molar-refractivity contribution is 0.0944. The second kappa shape index (κ2) is 9.07. The molecule has 22 heavy (non-hydrogen) atoms. The van der Waals surface area contributed by atoms with Gasteiger partial charge in [0.2, 0.25) is 0 Å². The Bertz CT molecular complexity index is 500. The molecule has 0 fully saturated rings. The van der Waals surface area contributed by atoms with Crippen molar-refractivity contribution in [2.75, 3.05) is 13.2 Å². The quantitative estimate of drug-likeness (QED) is 0.814. The maximum atomic E-state index is 12.2. The first-order valence-corrected chi connectivity index (χ1v) is 7.71. The Morgan fingerprint density at radius 3 is 2.50 bits per heavy atom. The SMILES string of the molecule is CCOC(=O)N[C@@H](CNC(=O)c1ccccc1C)CC(C)C. The van der Waals surface area contributed by atoms with E-state index in [4.69, 9.17) is 4.74 Å². The molecule has 1 aromatic rings. The lowest BCUT2D eigenvalue weighted by atomic mass is 10.0. The van der Waals surface area contributed by atoms with Gasteiger partial charge in [-0.1, -0.05) is 32.0 Å². The second-order valence-electron chi connectivity index (χ2n) is 5.72. The molecule has 1 aromatic carbocycles. The average molecular weight is 306 g/mol. The molecule has 0 aliphatic rings. The first-order valence-electron chi connectivity index (χ1n) is 7.71. The summed E-state index contributed by atoms with van der Waals surface area (Å²) in [5.41, 5.74) is 1.58. The van der Waals surface area contributed by atoms with Crippen LogP contribution in [0, 0.1) is 12.8 Å². The summed E-state index contributed by atoms with van der Waals surface area (Å²) in [6.07, 6.45) is 0.325. The van der Waals surface area contributed by atoms with E-state index in [1.54, 1.807) is 13.0 Å². The molecule has 0 aromatic heterocycles. The number of hydrogen-bond acceptors (Lipinski definition) is 3. The van der Waals surface area contributed by atoms with Gasteiger partial charge in [-0.25, -0.2) is 4.79 Å². The molecule has 0 saturated carbocycles. The summed E-state index contributed by atoms with van der Waals surface area (Å²) in [6.45, 7) is 8.51. The summed E-state index contributed by atoms with van der Waals surface area (Å²) in [5, 5.41) is 5.68. The molecule has 0 bridgehead atoms. The van der Waals surface area contributed by atoms with Crippen molar-refractivity contribution >= 4 is 12.0 Å². The number of rotatable bonds is 7. The third kappa shape index (κ3) is 6.16. The molecule has 0 heterocycles. The Labute approximate surface area is 132 Å². The highest BCUT2D eigenvalue weighted by atomic mass is 16.5. The van der Waals surface area contributed by atoms with E-state index in [-0.39, 0.29) is 11.9 Å². The van der Waals surface area contributed by atoms with E-state index in [0.29, 0.717) is 24.6 Å². The predicted molar refractivity (Wildman–Crippen MR) is 86.9 cm³/mol. The van der Waals surface area contributed by atoms with E-state index >= 15 is 0 Å². The molecule has 1 atom stereocenters. The monoisotopic (exact) mass is 306 g/mol. The summed E-state index contributed by atoms with van der Waals surface area (Å²) < 4.78 is 4.90. The molecule has 0 radical (unpaired) electrons. The number of carbonyl (C=O) groups excluding carboxylic acids is 2. The largest absolute Gasteiger partial charge is 0.450 e. The van der Waals surface area contributed by atoms with E-state index < -0.39 is 6.09 Å². The zero-order valence-corrected chi connectivity index (χ0v) is 13.8. The molecule has 0 spiro atoms. The van der Waals surface area contributed by atoms with Gasteiger partial charge in [0, 0.05) is 18.2 Å². The van der Waals surface area contributed by atoms with Crippen molar-refractivity contribution in [1.29, 1.82) is 0 Å². The van der Waals surface area contributed by atoms with Crippen LogP contribution >= 0.6 is 0 Å². The minimum atomic E-state index is -0.446. The van der Waals surface area contributed by atoms with Crippen LogP contribution in [0.1, 0.15) is 43.1 Å². The fourth-order valence-electron chi connectivity index (χ4n) is 2.24. The van der Waals surface area contributed by atoms with Crippen LogP contribution in [0.2, 0.25) is 0 Å². The molecule has 1 rings (SSSR count). The summed E-state index contributed by atoms with van der Waals surface area (Å²) in [5.74, 6) is 0.278. The molecule has 0 unspecified atom stereocenters. The Hall–Kier alpha value is -2.04. The van der Waals surface area contributed by atoms with Crippen molar-refractivity contribution in [3.8, 4) is 0 Å². The Morgan fingerprint density at radius 1 is 1.23 bits per heavy atom. The van der Waals surface area contributed by atoms with Gasteiger partial charge in [0.15, 0.2) is 0 Å². The van der Waals surface area contributed by atoms with Crippen molar-refractivity contribution in [3.05, 3.63) is 35.4 Å². The molecule has 2 N–H and O–H groups in total. The van der Waals surface area contributed by atoms with Gasteiger partial charge < -0.3 is 15.4 Å². The third-order valence-corrected chi connectivity index (χ3v) is 3.25. The number of carbonyl (C=O) groups is 2. The average Bonchev–Trinajstić information content (AvgIpc) is 2.44. The lowest BCUT2D eigenvalue weighted by Gasteiger charge is -2.21. The topological polar surface area (TPSA) is 67.4 Å². The van der Waals surface area contributed by atoms with Gasteiger partial charge in [-0.15, -0.1) is 0 Å². The maximum Gasteiger partial charge on any atom is 0.407 e. The number of nitrogens with one attached hydrogen (secondary N) is 2. The van der Waals surface area contributed by atoms with E-state index in [0.717, 1.165) is 12.0 Å². The van der Waals surface area contributed by atoms with Crippen LogP contribution in [0.5, 0.6) is 0 Å². The zero-order valence-electron chi connectivity index (χ0n) is 13.8. The number of amides is 2. The smallest absolute Gasteiger partial charge is 0.407 e. The number of hydrogen-bond donors (Lipinski definition) is 2. The third-order valence-electron chi connectivity index (χ3n) is 3.25. The molecule has 0 saturated heterocycles. The second-order valence-corrected chi connectivity index (χ2v) is 5.72. The standard InChI is InChI=1S/C17H26N2O3/c1-5-22-17(21)19-14(10-12(2)3)11-18-16(20)15-9-7-6-8-13(15)4/h6-9,12,14H,5,10-11H2,1-4H3,(H,18,20)(H,19,21)/t14-/m1/s1. The van der Waals surface area contributed by atoms with E-state index in [2.05, 4.69) is 24.5 Å². The van der Waals surface area contributed by atoms with E-state index in [1.807, 2.05) is 25.1 Å². The fraction of sp³-hybridized carbons (Fsp3) is 0.529. The number of benzene rings is 1. The minimum Gasteiger partial charge on any atom is -0.450 e. The molecule has 0 aliphatic heterocycles. The molecule has 5 nitrogen and oxygen atoms in total. The highest BCUT2D eigenvalue weighted by Gasteiger charge is 2.16.